The number of rotatable bonds is 4. The molecule has 1 rings (SSSR count). The first kappa shape index (κ1) is 15.9. The Bertz CT molecular complexity index is 463. The van der Waals surface area contributed by atoms with E-state index in [2.05, 4.69) is 0 Å². The summed E-state index contributed by atoms with van der Waals surface area (Å²) in [5.74, 6) is -1.69. The Labute approximate surface area is 113 Å². The molecule has 1 atom stereocenters. The Kier molecular flexibility index (Phi) is 4.60. The van der Waals surface area contributed by atoms with E-state index in [0.29, 0.717) is 12.8 Å². The van der Waals surface area contributed by atoms with E-state index >= 15 is 0 Å². The van der Waals surface area contributed by atoms with Gasteiger partial charge in [0.15, 0.2) is 9.84 Å². The fourth-order valence-corrected chi connectivity index (χ4v) is 4.06. The molecule has 0 radical (unpaired) electrons. The first-order valence-electron chi connectivity index (χ1n) is 6.25. The smallest absolute Gasteiger partial charge is 0.323 e. The molecule has 0 aromatic rings. The molecule has 0 aliphatic carbocycles. The second-order valence-corrected chi connectivity index (χ2v) is 8.45. The molecular formula is C12H21NO5S. The lowest BCUT2D eigenvalue weighted by Gasteiger charge is -2.30. The summed E-state index contributed by atoms with van der Waals surface area (Å²) in [5, 5.41) is 7.80. The molecule has 6 nitrogen and oxygen atoms in total. The molecule has 1 amide bonds. The molecule has 0 bridgehead atoms. The zero-order chi connectivity index (χ0) is 14.8. The summed E-state index contributed by atoms with van der Waals surface area (Å²) >= 11 is 0. The lowest BCUT2D eigenvalue weighted by Crippen LogP contribution is -2.47. The van der Waals surface area contributed by atoms with Crippen molar-refractivity contribution in [2.45, 2.75) is 38.9 Å². The second-order valence-electron chi connectivity index (χ2n) is 6.15. The Morgan fingerprint density at radius 2 is 1.89 bits per heavy atom. The summed E-state index contributed by atoms with van der Waals surface area (Å²) in [7, 11) is -3.41. The van der Waals surface area contributed by atoms with Crippen LogP contribution in [0.5, 0.6) is 0 Å². The van der Waals surface area contributed by atoms with Crippen LogP contribution in [-0.2, 0) is 19.4 Å². The summed E-state index contributed by atoms with van der Waals surface area (Å²) in [5.41, 5.74) is -0.284. The van der Waals surface area contributed by atoms with Crippen molar-refractivity contribution in [3.05, 3.63) is 0 Å². The zero-order valence-corrected chi connectivity index (χ0v) is 12.4. The molecule has 1 unspecified atom stereocenters. The number of amides is 1. The van der Waals surface area contributed by atoms with Gasteiger partial charge in [0.1, 0.15) is 11.8 Å². The lowest BCUT2D eigenvalue weighted by atomic mass is 9.96. The lowest BCUT2D eigenvalue weighted by molar-refractivity contribution is -0.145. The number of carboxylic acid groups (broad SMARTS) is 1. The maximum absolute atomic E-state index is 12.3. The van der Waals surface area contributed by atoms with Gasteiger partial charge in [0.2, 0.25) is 5.91 Å². The summed E-state index contributed by atoms with van der Waals surface area (Å²) in [4.78, 5) is 24.2. The van der Waals surface area contributed by atoms with E-state index in [1.165, 1.54) is 0 Å². The molecule has 0 saturated carbocycles. The van der Waals surface area contributed by atoms with Crippen LogP contribution < -0.4 is 0 Å². The fourth-order valence-electron chi connectivity index (χ4n) is 2.22. The SMILES string of the molecule is CC(C)(C)CN(CC(=O)O)C(=O)C1CCCS1(=O)=O. The van der Waals surface area contributed by atoms with Gasteiger partial charge >= 0.3 is 5.97 Å². The normalized spacial score (nSPS) is 22.2. The predicted octanol–water partition coefficient (Wildman–Crippen LogP) is 0.523. The summed E-state index contributed by atoms with van der Waals surface area (Å²) in [6.07, 6.45) is 0.761. The molecule has 1 heterocycles. The van der Waals surface area contributed by atoms with E-state index in [-0.39, 0.29) is 17.7 Å². The van der Waals surface area contributed by atoms with Gasteiger partial charge in [-0.2, -0.15) is 0 Å². The average molecular weight is 291 g/mol. The van der Waals surface area contributed by atoms with Crippen molar-refractivity contribution in [2.24, 2.45) is 5.41 Å². The van der Waals surface area contributed by atoms with E-state index < -0.39 is 33.5 Å². The first-order chi connectivity index (χ1) is 8.53. The summed E-state index contributed by atoms with van der Waals surface area (Å²) < 4.78 is 23.5. The third-order valence-corrected chi connectivity index (χ3v) is 5.07. The van der Waals surface area contributed by atoms with Gasteiger partial charge in [-0.15, -0.1) is 0 Å². The van der Waals surface area contributed by atoms with Crippen LogP contribution in [0.25, 0.3) is 0 Å². The van der Waals surface area contributed by atoms with Crippen molar-refractivity contribution in [3.63, 3.8) is 0 Å². The number of nitrogens with zero attached hydrogens (tertiary/aromatic N) is 1. The monoisotopic (exact) mass is 291 g/mol. The third-order valence-electron chi connectivity index (χ3n) is 2.91. The fraction of sp³-hybridized carbons (Fsp3) is 0.833. The Hall–Kier alpha value is -1.11. The largest absolute Gasteiger partial charge is 0.480 e. The molecule has 1 N–H and O–H groups in total. The molecule has 19 heavy (non-hydrogen) atoms. The van der Waals surface area contributed by atoms with Gasteiger partial charge in [-0.1, -0.05) is 20.8 Å². The number of carbonyl (C=O) groups is 2. The van der Waals surface area contributed by atoms with E-state index in [9.17, 15) is 18.0 Å². The Morgan fingerprint density at radius 3 is 2.26 bits per heavy atom. The quantitative estimate of drug-likeness (QED) is 0.815. The van der Waals surface area contributed by atoms with E-state index in [0.717, 1.165) is 4.90 Å². The van der Waals surface area contributed by atoms with Crippen LogP contribution in [0.15, 0.2) is 0 Å². The molecular weight excluding hydrogens is 270 g/mol. The minimum Gasteiger partial charge on any atom is -0.480 e. The highest BCUT2D eigenvalue weighted by Gasteiger charge is 2.40. The third kappa shape index (κ3) is 4.49. The van der Waals surface area contributed by atoms with Crippen LogP contribution in [0.4, 0.5) is 0 Å². The maximum Gasteiger partial charge on any atom is 0.323 e. The zero-order valence-electron chi connectivity index (χ0n) is 11.5. The number of hydrogen-bond acceptors (Lipinski definition) is 4. The molecule has 7 heteroatoms. The highest BCUT2D eigenvalue weighted by atomic mass is 32.2. The second kappa shape index (κ2) is 5.48. The van der Waals surface area contributed by atoms with Crippen molar-refractivity contribution in [3.8, 4) is 0 Å². The molecule has 1 aliphatic rings. The predicted molar refractivity (Wildman–Crippen MR) is 70.5 cm³/mol. The van der Waals surface area contributed by atoms with Crippen molar-refractivity contribution < 1.29 is 23.1 Å². The number of sulfone groups is 1. The standard InChI is InChI=1S/C12H21NO5S/c1-12(2,3)8-13(7-10(14)15)11(16)9-5-4-6-19(9,17)18/h9H,4-8H2,1-3H3,(H,14,15). The molecule has 110 valence electrons. The number of aliphatic carboxylic acids is 1. The first-order valence-corrected chi connectivity index (χ1v) is 7.97. The van der Waals surface area contributed by atoms with E-state index in [1.807, 2.05) is 20.8 Å². The number of carboxylic acids is 1. The van der Waals surface area contributed by atoms with Crippen LogP contribution in [-0.4, -0.2) is 54.4 Å². The number of hydrogen-bond donors (Lipinski definition) is 1. The van der Waals surface area contributed by atoms with Crippen molar-refractivity contribution in [1.82, 2.24) is 4.90 Å². The highest BCUT2D eigenvalue weighted by molar-refractivity contribution is 7.93. The molecule has 0 aromatic carbocycles. The van der Waals surface area contributed by atoms with Crippen molar-refractivity contribution in [2.75, 3.05) is 18.8 Å². The maximum atomic E-state index is 12.3. The van der Waals surface area contributed by atoms with Crippen LogP contribution in [0.2, 0.25) is 0 Å². The van der Waals surface area contributed by atoms with Gasteiger partial charge in [-0.25, -0.2) is 8.42 Å². The minimum absolute atomic E-state index is 0.0137. The summed E-state index contributed by atoms with van der Waals surface area (Å²) in [6, 6.07) is 0. The van der Waals surface area contributed by atoms with Crippen LogP contribution in [0.3, 0.4) is 0 Å². The van der Waals surface area contributed by atoms with Gasteiger partial charge in [0, 0.05) is 6.54 Å². The van der Waals surface area contributed by atoms with Gasteiger partial charge in [-0.3, -0.25) is 9.59 Å². The minimum atomic E-state index is -3.41. The van der Waals surface area contributed by atoms with E-state index in [1.54, 1.807) is 0 Å². The number of carbonyl (C=O) groups excluding carboxylic acids is 1. The van der Waals surface area contributed by atoms with Crippen LogP contribution in [0, 0.1) is 5.41 Å². The van der Waals surface area contributed by atoms with Crippen LogP contribution >= 0.6 is 0 Å². The van der Waals surface area contributed by atoms with Gasteiger partial charge in [0.25, 0.3) is 0 Å². The molecule has 0 aromatic heterocycles. The molecule has 1 fully saturated rings. The van der Waals surface area contributed by atoms with Crippen molar-refractivity contribution in [1.29, 1.82) is 0 Å². The van der Waals surface area contributed by atoms with Gasteiger partial charge < -0.3 is 10.0 Å². The Balaban J connectivity index is 2.91. The van der Waals surface area contributed by atoms with E-state index in [4.69, 9.17) is 5.11 Å². The van der Waals surface area contributed by atoms with Gasteiger partial charge in [0.05, 0.1) is 5.75 Å². The average Bonchev–Trinajstić information content (AvgIpc) is 2.53. The van der Waals surface area contributed by atoms with Crippen LogP contribution in [0.1, 0.15) is 33.6 Å². The van der Waals surface area contributed by atoms with Gasteiger partial charge in [-0.05, 0) is 18.3 Å². The summed E-state index contributed by atoms with van der Waals surface area (Å²) in [6.45, 7) is 5.39. The Morgan fingerprint density at radius 1 is 1.32 bits per heavy atom. The molecule has 1 saturated heterocycles. The van der Waals surface area contributed by atoms with Crippen molar-refractivity contribution >= 4 is 21.7 Å². The molecule has 0 spiro atoms. The highest BCUT2D eigenvalue weighted by Crippen LogP contribution is 2.24. The topological polar surface area (TPSA) is 91.8 Å². The molecule has 1 aliphatic heterocycles.